The minimum atomic E-state index is -0.480. The molecule has 0 bridgehead atoms. The molecular formula is C18H25N5O2. The molecule has 7 heteroatoms. The fraction of sp³-hybridized carbons (Fsp3) is 0.556. The topological polar surface area (TPSA) is 80.2 Å². The van der Waals surface area contributed by atoms with Crippen LogP contribution in [0.25, 0.3) is 11.2 Å². The summed E-state index contributed by atoms with van der Waals surface area (Å²) in [6, 6.07) is 4.30. The molecule has 1 N–H and O–H groups in total. The molecule has 1 saturated heterocycles. The van der Waals surface area contributed by atoms with Crippen LogP contribution in [0.4, 0.5) is 10.6 Å². The van der Waals surface area contributed by atoms with E-state index in [2.05, 4.69) is 32.1 Å². The van der Waals surface area contributed by atoms with Gasteiger partial charge in [-0.3, -0.25) is 4.98 Å². The quantitative estimate of drug-likeness (QED) is 0.903. The van der Waals surface area contributed by atoms with Gasteiger partial charge in [-0.15, -0.1) is 0 Å². The number of fused-ring (bicyclic) bond motifs is 1. The molecule has 1 aliphatic rings. The molecule has 0 aliphatic carbocycles. The van der Waals surface area contributed by atoms with Crippen LogP contribution < -0.4 is 10.2 Å². The molecule has 2 aromatic heterocycles. The third-order valence-corrected chi connectivity index (χ3v) is 4.21. The van der Waals surface area contributed by atoms with Crippen molar-refractivity contribution in [2.45, 2.75) is 58.2 Å². The van der Waals surface area contributed by atoms with Gasteiger partial charge in [0, 0.05) is 31.0 Å². The smallest absolute Gasteiger partial charge is 0.407 e. The highest BCUT2D eigenvalue weighted by Crippen LogP contribution is 2.24. The number of rotatable bonds is 2. The highest BCUT2D eigenvalue weighted by atomic mass is 16.6. The van der Waals surface area contributed by atoms with E-state index in [4.69, 9.17) is 4.74 Å². The maximum absolute atomic E-state index is 12.0. The third kappa shape index (κ3) is 4.35. The summed E-state index contributed by atoms with van der Waals surface area (Å²) in [5, 5.41) is 2.98. The van der Waals surface area contributed by atoms with Gasteiger partial charge in [0.2, 0.25) is 0 Å². The number of alkyl carbamates (subject to hydrolysis) is 1. The maximum atomic E-state index is 12.0. The minimum Gasteiger partial charge on any atom is -0.444 e. The van der Waals surface area contributed by atoms with E-state index in [0.717, 1.165) is 30.7 Å². The lowest BCUT2D eigenvalue weighted by atomic mass is 9.98. The third-order valence-electron chi connectivity index (χ3n) is 4.21. The van der Waals surface area contributed by atoms with Crippen molar-refractivity contribution >= 4 is 23.1 Å². The molecule has 0 radical (unpaired) electrons. The van der Waals surface area contributed by atoms with Crippen LogP contribution in [-0.4, -0.2) is 45.3 Å². The number of amides is 1. The Hall–Kier alpha value is -2.44. The first-order chi connectivity index (χ1) is 11.8. The number of ether oxygens (including phenoxy) is 1. The molecule has 1 amide bonds. The maximum Gasteiger partial charge on any atom is 0.407 e. The van der Waals surface area contributed by atoms with Crippen LogP contribution in [0, 0.1) is 0 Å². The van der Waals surface area contributed by atoms with Crippen molar-refractivity contribution in [1.29, 1.82) is 0 Å². The molecule has 2 unspecified atom stereocenters. The number of nitrogens with zero attached hydrogens (tertiary/aromatic N) is 4. The molecule has 2 aromatic rings. The molecule has 3 heterocycles. The molecule has 2 atom stereocenters. The lowest BCUT2D eigenvalue weighted by Crippen LogP contribution is -2.50. The van der Waals surface area contributed by atoms with Gasteiger partial charge in [0.15, 0.2) is 5.65 Å². The predicted molar refractivity (Wildman–Crippen MR) is 96.5 cm³/mol. The summed E-state index contributed by atoms with van der Waals surface area (Å²) in [5.41, 5.74) is 0.966. The Morgan fingerprint density at radius 2 is 2.04 bits per heavy atom. The van der Waals surface area contributed by atoms with Crippen LogP contribution in [-0.2, 0) is 4.74 Å². The van der Waals surface area contributed by atoms with Crippen molar-refractivity contribution in [1.82, 2.24) is 20.3 Å². The number of piperidine rings is 1. The number of carbonyl (C=O) groups excluding carboxylic acids is 1. The van der Waals surface area contributed by atoms with Gasteiger partial charge in [-0.2, -0.15) is 0 Å². The Morgan fingerprint density at radius 1 is 1.28 bits per heavy atom. The first kappa shape index (κ1) is 17.4. The lowest BCUT2D eigenvalue weighted by Gasteiger charge is -2.38. The second-order valence-corrected chi connectivity index (χ2v) is 7.48. The molecule has 1 fully saturated rings. The van der Waals surface area contributed by atoms with E-state index in [-0.39, 0.29) is 18.2 Å². The van der Waals surface area contributed by atoms with Gasteiger partial charge in [-0.05, 0) is 52.7 Å². The summed E-state index contributed by atoms with van der Waals surface area (Å²) in [7, 11) is 0. The molecule has 7 nitrogen and oxygen atoms in total. The van der Waals surface area contributed by atoms with Crippen molar-refractivity contribution in [2.75, 3.05) is 11.4 Å². The Labute approximate surface area is 147 Å². The molecular weight excluding hydrogens is 318 g/mol. The van der Waals surface area contributed by atoms with Gasteiger partial charge in [-0.25, -0.2) is 14.8 Å². The number of nitrogens with one attached hydrogen (secondary N) is 1. The summed E-state index contributed by atoms with van der Waals surface area (Å²) in [6.07, 6.45) is 4.67. The highest BCUT2D eigenvalue weighted by molar-refractivity contribution is 5.72. The molecule has 25 heavy (non-hydrogen) atoms. The van der Waals surface area contributed by atoms with Crippen molar-refractivity contribution in [3.8, 4) is 0 Å². The number of pyridine rings is 1. The summed E-state index contributed by atoms with van der Waals surface area (Å²) in [5.74, 6) is 0.899. The monoisotopic (exact) mass is 343 g/mol. The van der Waals surface area contributed by atoms with Crippen LogP contribution in [0.1, 0.15) is 40.5 Å². The summed E-state index contributed by atoms with van der Waals surface area (Å²) in [4.78, 5) is 27.4. The number of aromatic nitrogens is 3. The summed E-state index contributed by atoms with van der Waals surface area (Å²) >= 11 is 0. The zero-order valence-corrected chi connectivity index (χ0v) is 15.2. The molecule has 0 saturated carbocycles. The van der Waals surface area contributed by atoms with E-state index in [1.54, 1.807) is 12.4 Å². The van der Waals surface area contributed by atoms with E-state index in [1.807, 2.05) is 32.9 Å². The lowest BCUT2D eigenvalue weighted by molar-refractivity contribution is 0.0494. The molecule has 134 valence electrons. The second kappa shape index (κ2) is 6.82. The first-order valence-electron chi connectivity index (χ1n) is 8.66. The van der Waals surface area contributed by atoms with E-state index < -0.39 is 5.60 Å². The highest BCUT2D eigenvalue weighted by Gasteiger charge is 2.28. The predicted octanol–water partition coefficient (Wildman–Crippen LogP) is 2.91. The average molecular weight is 343 g/mol. The van der Waals surface area contributed by atoms with E-state index >= 15 is 0 Å². The van der Waals surface area contributed by atoms with Crippen LogP contribution in [0.5, 0.6) is 0 Å². The van der Waals surface area contributed by atoms with Gasteiger partial charge >= 0.3 is 6.09 Å². The average Bonchev–Trinajstić information content (AvgIpc) is 2.52. The first-order valence-corrected chi connectivity index (χ1v) is 8.66. The van der Waals surface area contributed by atoms with Crippen molar-refractivity contribution < 1.29 is 9.53 Å². The normalized spacial score (nSPS) is 21.2. The van der Waals surface area contributed by atoms with Crippen molar-refractivity contribution in [3.63, 3.8) is 0 Å². The summed E-state index contributed by atoms with van der Waals surface area (Å²) < 4.78 is 5.34. The SMILES string of the molecule is CC1CC(NC(=O)OC(C)(C)C)CCN1c1ccc2nccnc2n1. The Kier molecular flexibility index (Phi) is 4.74. The fourth-order valence-electron chi connectivity index (χ4n) is 3.12. The standard InChI is InChI=1S/C18H25N5O2/c1-12-11-13(21-17(24)25-18(2,3)4)7-10-23(12)15-6-5-14-16(22-15)20-9-8-19-14/h5-6,8-9,12-13H,7,10-11H2,1-4H3,(H,21,24). The van der Waals surface area contributed by atoms with Gasteiger partial charge in [0.1, 0.15) is 16.9 Å². The largest absolute Gasteiger partial charge is 0.444 e. The number of anilines is 1. The molecule has 3 rings (SSSR count). The van der Waals surface area contributed by atoms with E-state index in [0.29, 0.717) is 5.65 Å². The van der Waals surface area contributed by atoms with Gasteiger partial charge < -0.3 is 15.0 Å². The van der Waals surface area contributed by atoms with Crippen molar-refractivity contribution in [3.05, 3.63) is 24.5 Å². The van der Waals surface area contributed by atoms with Crippen LogP contribution in [0.3, 0.4) is 0 Å². The fourth-order valence-corrected chi connectivity index (χ4v) is 3.12. The number of carbonyl (C=O) groups is 1. The Morgan fingerprint density at radius 3 is 2.76 bits per heavy atom. The van der Waals surface area contributed by atoms with Gasteiger partial charge in [-0.1, -0.05) is 0 Å². The number of hydrogen-bond donors (Lipinski definition) is 1. The molecule has 1 aliphatic heterocycles. The summed E-state index contributed by atoms with van der Waals surface area (Å²) in [6.45, 7) is 8.57. The zero-order chi connectivity index (χ0) is 18.0. The second-order valence-electron chi connectivity index (χ2n) is 7.48. The van der Waals surface area contributed by atoms with Crippen molar-refractivity contribution in [2.24, 2.45) is 0 Å². The van der Waals surface area contributed by atoms with E-state index in [1.165, 1.54) is 0 Å². The van der Waals surface area contributed by atoms with Crippen LogP contribution >= 0.6 is 0 Å². The molecule has 0 spiro atoms. The zero-order valence-electron chi connectivity index (χ0n) is 15.2. The molecule has 0 aromatic carbocycles. The number of hydrogen-bond acceptors (Lipinski definition) is 6. The Bertz CT molecular complexity index is 758. The van der Waals surface area contributed by atoms with E-state index in [9.17, 15) is 4.79 Å². The Balaban J connectivity index is 1.64. The van der Waals surface area contributed by atoms with Crippen LogP contribution in [0.2, 0.25) is 0 Å². The van der Waals surface area contributed by atoms with Gasteiger partial charge in [0.05, 0.1) is 0 Å². The van der Waals surface area contributed by atoms with Crippen LogP contribution in [0.15, 0.2) is 24.5 Å². The van der Waals surface area contributed by atoms with Gasteiger partial charge in [0.25, 0.3) is 0 Å². The minimum absolute atomic E-state index is 0.112.